The lowest BCUT2D eigenvalue weighted by molar-refractivity contribution is 0.104. The van der Waals surface area contributed by atoms with Gasteiger partial charge in [-0.05, 0) is 37.5 Å². The maximum Gasteiger partial charge on any atom is 0.119 e. The maximum absolute atomic E-state index is 9.65. The van der Waals surface area contributed by atoms with Gasteiger partial charge in [-0.2, -0.15) is 0 Å². The molecule has 3 heteroatoms. The summed E-state index contributed by atoms with van der Waals surface area (Å²) in [7, 11) is 0. The molecule has 1 rings (SSSR count). The molecule has 0 amide bonds. The van der Waals surface area contributed by atoms with Crippen molar-refractivity contribution in [2.45, 2.75) is 71.6 Å². The van der Waals surface area contributed by atoms with E-state index in [4.69, 9.17) is 4.74 Å². The van der Waals surface area contributed by atoms with Gasteiger partial charge >= 0.3 is 0 Å². The molecule has 0 aliphatic heterocycles. The molecule has 120 valence electrons. The van der Waals surface area contributed by atoms with Crippen LogP contribution in [0.3, 0.4) is 0 Å². The molecule has 2 N–H and O–H groups in total. The average molecular weight is 293 g/mol. The molecule has 21 heavy (non-hydrogen) atoms. The third kappa shape index (κ3) is 6.06. The molecule has 2 atom stereocenters. The van der Waals surface area contributed by atoms with Gasteiger partial charge in [0.25, 0.3) is 0 Å². The first-order valence-corrected chi connectivity index (χ1v) is 7.91. The second-order valence-corrected chi connectivity index (χ2v) is 6.88. The smallest absolute Gasteiger partial charge is 0.119 e. The van der Waals surface area contributed by atoms with Gasteiger partial charge in [0, 0.05) is 18.0 Å². The Morgan fingerprint density at radius 3 is 2.38 bits per heavy atom. The first-order valence-electron chi connectivity index (χ1n) is 7.91. The van der Waals surface area contributed by atoms with Crippen molar-refractivity contribution in [3.8, 4) is 5.75 Å². The van der Waals surface area contributed by atoms with E-state index in [1.807, 2.05) is 19.1 Å². The van der Waals surface area contributed by atoms with Gasteiger partial charge in [0.15, 0.2) is 0 Å². The van der Waals surface area contributed by atoms with E-state index in [1.165, 1.54) is 5.56 Å². The molecule has 0 saturated heterocycles. The Kier molecular flexibility index (Phi) is 6.69. The summed E-state index contributed by atoms with van der Waals surface area (Å²) in [6, 6.07) is 8.59. The van der Waals surface area contributed by atoms with Crippen LogP contribution in [0.15, 0.2) is 24.3 Å². The van der Waals surface area contributed by atoms with Crippen molar-refractivity contribution < 1.29 is 9.84 Å². The predicted molar refractivity (Wildman–Crippen MR) is 89.0 cm³/mol. The van der Waals surface area contributed by atoms with Crippen molar-refractivity contribution >= 4 is 0 Å². The summed E-state index contributed by atoms with van der Waals surface area (Å²) >= 11 is 0. The molecule has 0 aliphatic rings. The molecule has 0 aromatic heterocycles. The van der Waals surface area contributed by atoms with Crippen molar-refractivity contribution in [1.82, 2.24) is 5.32 Å². The van der Waals surface area contributed by atoms with Crippen LogP contribution in [0.5, 0.6) is 5.75 Å². The van der Waals surface area contributed by atoms with Crippen molar-refractivity contribution in [2.75, 3.05) is 6.61 Å². The topological polar surface area (TPSA) is 41.5 Å². The Bertz CT molecular complexity index is 431. The summed E-state index contributed by atoms with van der Waals surface area (Å²) in [5.74, 6) is 1.40. The molecule has 2 unspecified atom stereocenters. The summed E-state index contributed by atoms with van der Waals surface area (Å²) < 4.78 is 6.03. The highest BCUT2D eigenvalue weighted by Gasteiger charge is 2.27. The van der Waals surface area contributed by atoms with Crippen molar-refractivity contribution in [3.63, 3.8) is 0 Å². The number of hydrogen-bond donors (Lipinski definition) is 2. The van der Waals surface area contributed by atoms with Gasteiger partial charge in [-0.15, -0.1) is 0 Å². The lowest BCUT2D eigenvalue weighted by Gasteiger charge is -2.33. The van der Waals surface area contributed by atoms with Crippen molar-refractivity contribution in [3.05, 3.63) is 29.8 Å². The molecular weight excluding hydrogens is 262 g/mol. The van der Waals surface area contributed by atoms with Crippen molar-refractivity contribution in [1.29, 1.82) is 0 Å². The zero-order chi connectivity index (χ0) is 16.0. The number of rotatable bonds is 8. The largest absolute Gasteiger partial charge is 0.491 e. The van der Waals surface area contributed by atoms with Gasteiger partial charge in [0.2, 0.25) is 0 Å². The number of hydrogen-bond acceptors (Lipinski definition) is 3. The van der Waals surface area contributed by atoms with Crippen LogP contribution in [-0.2, 0) is 0 Å². The molecule has 0 radical (unpaired) electrons. The minimum atomic E-state index is -0.316. The molecule has 0 bridgehead atoms. The number of nitrogens with one attached hydrogen (secondary N) is 1. The number of aliphatic hydroxyl groups excluding tert-OH is 1. The maximum atomic E-state index is 9.65. The third-order valence-electron chi connectivity index (χ3n) is 3.59. The molecule has 0 aliphatic carbocycles. The Balaban J connectivity index is 2.68. The van der Waals surface area contributed by atoms with Crippen molar-refractivity contribution in [2.24, 2.45) is 0 Å². The van der Waals surface area contributed by atoms with Crippen LogP contribution in [0.2, 0.25) is 0 Å². The molecule has 0 spiro atoms. The number of ether oxygens (including phenoxy) is 1. The highest BCUT2D eigenvalue weighted by molar-refractivity contribution is 5.30. The Hall–Kier alpha value is -1.06. The molecule has 0 fully saturated rings. The molecule has 1 aromatic carbocycles. The lowest BCUT2D eigenvalue weighted by atomic mass is 9.94. The normalized spacial score (nSPS) is 16.0. The summed E-state index contributed by atoms with van der Waals surface area (Å²) in [4.78, 5) is 0. The first kappa shape index (κ1) is 18.0. The Labute approximate surface area is 129 Å². The predicted octanol–water partition coefficient (Wildman–Crippen LogP) is 3.72. The summed E-state index contributed by atoms with van der Waals surface area (Å²) in [6.45, 7) is 12.7. The highest BCUT2D eigenvalue weighted by Crippen LogP contribution is 2.23. The van der Waals surface area contributed by atoms with Gasteiger partial charge in [-0.25, -0.2) is 0 Å². The zero-order valence-electron chi connectivity index (χ0n) is 14.3. The van der Waals surface area contributed by atoms with Gasteiger partial charge in [0.1, 0.15) is 5.75 Å². The molecule has 1 aromatic rings. The lowest BCUT2D eigenvalue weighted by Crippen LogP contribution is -2.51. The number of aliphatic hydroxyl groups is 1. The van der Waals surface area contributed by atoms with Gasteiger partial charge in [-0.3, -0.25) is 0 Å². The summed E-state index contributed by atoms with van der Waals surface area (Å²) in [5.41, 5.74) is 0.966. The van der Waals surface area contributed by atoms with Crippen LogP contribution >= 0.6 is 0 Å². The second kappa shape index (κ2) is 7.81. The minimum Gasteiger partial charge on any atom is -0.491 e. The van der Waals surface area contributed by atoms with Crippen LogP contribution in [-0.4, -0.2) is 29.4 Å². The van der Waals surface area contributed by atoms with E-state index in [0.717, 1.165) is 12.2 Å². The van der Waals surface area contributed by atoms with E-state index >= 15 is 0 Å². The highest BCUT2D eigenvalue weighted by atomic mass is 16.5. The van der Waals surface area contributed by atoms with E-state index in [0.29, 0.717) is 12.0 Å². The van der Waals surface area contributed by atoms with E-state index in [1.54, 1.807) is 0 Å². The summed E-state index contributed by atoms with van der Waals surface area (Å²) in [5, 5.41) is 13.1. The molecule has 0 saturated carbocycles. The number of benzene rings is 1. The van der Waals surface area contributed by atoms with Crippen LogP contribution in [0.1, 0.15) is 59.4 Å². The van der Waals surface area contributed by atoms with Crippen LogP contribution in [0.25, 0.3) is 0 Å². The second-order valence-electron chi connectivity index (χ2n) is 6.88. The van der Waals surface area contributed by atoms with Crippen LogP contribution in [0.4, 0.5) is 0 Å². The van der Waals surface area contributed by atoms with E-state index < -0.39 is 0 Å². The average Bonchev–Trinajstić information content (AvgIpc) is 2.37. The fourth-order valence-corrected chi connectivity index (χ4v) is 2.72. The van der Waals surface area contributed by atoms with E-state index in [2.05, 4.69) is 52.1 Å². The monoisotopic (exact) mass is 293 g/mol. The zero-order valence-corrected chi connectivity index (χ0v) is 14.3. The minimum absolute atomic E-state index is 0.0378. The van der Waals surface area contributed by atoms with E-state index in [9.17, 15) is 5.11 Å². The first-order chi connectivity index (χ1) is 9.75. The molecule has 3 nitrogen and oxygen atoms in total. The molecule has 0 heterocycles. The van der Waals surface area contributed by atoms with Gasteiger partial charge < -0.3 is 15.2 Å². The molecular formula is C18H31NO2. The SMILES string of the molecule is CC(C)NC(C)(CO)CC(C)Oc1cccc(C(C)C)c1. The van der Waals surface area contributed by atoms with Gasteiger partial charge in [-0.1, -0.05) is 39.8 Å². The standard InChI is InChI=1S/C18H31NO2/c1-13(2)16-8-7-9-17(10-16)21-15(5)11-18(6,12-20)19-14(3)4/h7-10,13-15,19-20H,11-12H2,1-6H3. The quantitative estimate of drug-likeness (QED) is 0.767. The van der Waals surface area contributed by atoms with Crippen LogP contribution in [0, 0.1) is 0 Å². The fraction of sp³-hybridized carbons (Fsp3) is 0.667. The third-order valence-corrected chi connectivity index (χ3v) is 3.59. The van der Waals surface area contributed by atoms with E-state index in [-0.39, 0.29) is 18.2 Å². The fourth-order valence-electron chi connectivity index (χ4n) is 2.72. The van der Waals surface area contributed by atoms with Gasteiger partial charge in [0.05, 0.1) is 12.7 Å². The van der Waals surface area contributed by atoms with Crippen LogP contribution < -0.4 is 10.1 Å². The Morgan fingerprint density at radius 2 is 1.86 bits per heavy atom. The Morgan fingerprint density at radius 1 is 1.19 bits per heavy atom. The summed E-state index contributed by atoms with van der Waals surface area (Å²) in [6.07, 6.45) is 0.795.